The molecule has 0 saturated carbocycles. The third-order valence-corrected chi connectivity index (χ3v) is 5.43. The number of ether oxygens (including phenoxy) is 1. The van der Waals surface area contributed by atoms with Crippen molar-refractivity contribution in [2.24, 2.45) is 16.8 Å². The molecule has 1 fully saturated rings. The van der Waals surface area contributed by atoms with E-state index in [1.54, 1.807) is 12.1 Å². The van der Waals surface area contributed by atoms with Crippen molar-refractivity contribution in [2.45, 2.75) is 26.3 Å². The molecule has 6 nitrogen and oxygen atoms in total. The summed E-state index contributed by atoms with van der Waals surface area (Å²) in [6.07, 6.45) is 0. The number of rotatable bonds is 3. The Morgan fingerprint density at radius 2 is 2.07 bits per heavy atom. The fraction of sp³-hybridized carbons (Fsp3) is 0.421. The number of ketones is 1. The molecule has 3 heterocycles. The van der Waals surface area contributed by atoms with Crippen molar-refractivity contribution in [1.29, 1.82) is 0 Å². The van der Waals surface area contributed by atoms with E-state index in [1.165, 1.54) is 10.8 Å². The number of Topliss-reactive ketones (excluding diaryl/α,β-unsaturated/α-hetero) is 1. The third-order valence-electron chi connectivity index (χ3n) is 4.82. The van der Waals surface area contributed by atoms with E-state index in [2.05, 4.69) is 20.9 Å². The molecule has 2 aliphatic heterocycles. The molecule has 2 unspecified atom stereocenters. The molecule has 0 spiro atoms. The van der Waals surface area contributed by atoms with Gasteiger partial charge in [-0.05, 0) is 39.5 Å². The van der Waals surface area contributed by atoms with Crippen LogP contribution in [0.15, 0.2) is 37.0 Å². The Hall–Kier alpha value is -2.06. The highest BCUT2D eigenvalue weighted by molar-refractivity contribution is 9.10. The van der Waals surface area contributed by atoms with E-state index in [1.807, 2.05) is 13.8 Å². The third kappa shape index (κ3) is 3.10. The Morgan fingerprint density at radius 3 is 2.78 bits per heavy atom. The molecule has 0 N–H and O–H groups in total. The van der Waals surface area contributed by atoms with E-state index < -0.39 is 23.3 Å². The average molecular weight is 437 g/mol. The lowest BCUT2D eigenvalue weighted by Crippen LogP contribution is -2.43. The Morgan fingerprint density at radius 1 is 1.30 bits per heavy atom. The number of carbonyl (C=O) groups is 1. The molecule has 4 rings (SSSR count). The van der Waals surface area contributed by atoms with Crippen molar-refractivity contribution in [3.05, 3.63) is 50.0 Å². The van der Waals surface area contributed by atoms with Gasteiger partial charge in [0, 0.05) is 5.92 Å². The van der Waals surface area contributed by atoms with Crippen molar-refractivity contribution in [3.8, 4) is 0 Å². The summed E-state index contributed by atoms with van der Waals surface area (Å²) in [6, 6.07) is 4.52. The largest absolute Gasteiger partial charge is 0.368 e. The van der Waals surface area contributed by atoms with Gasteiger partial charge in [-0.3, -0.25) is 4.79 Å². The molecule has 2 aromatic rings. The minimum Gasteiger partial charge on any atom is -0.368 e. The number of fused-ring (bicyclic) bond motifs is 2. The predicted octanol–water partition coefficient (Wildman–Crippen LogP) is 3.43. The quantitative estimate of drug-likeness (QED) is 0.738. The number of hydrogen-bond acceptors (Lipinski definition) is 5. The number of nitrogens with zero attached hydrogens (tertiary/aromatic N) is 2. The van der Waals surface area contributed by atoms with E-state index in [9.17, 15) is 14.0 Å². The minimum absolute atomic E-state index is 0.0318. The van der Waals surface area contributed by atoms with Crippen LogP contribution >= 0.6 is 15.9 Å². The maximum Gasteiger partial charge on any atom is 0.363 e. The maximum atomic E-state index is 13.8. The first kappa shape index (κ1) is 18.3. The molecule has 0 amide bonds. The molecular weight excluding hydrogens is 419 g/mol. The lowest BCUT2D eigenvalue weighted by molar-refractivity contribution is -0.127. The van der Waals surface area contributed by atoms with Crippen LogP contribution in [-0.2, 0) is 16.1 Å². The van der Waals surface area contributed by atoms with Crippen LogP contribution < -0.4 is 5.63 Å². The molecule has 8 heteroatoms. The van der Waals surface area contributed by atoms with Gasteiger partial charge in [-0.15, -0.1) is 0 Å². The monoisotopic (exact) mass is 436 g/mol. The van der Waals surface area contributed by atoms with Gasteiger partial charge < -0.3 is 9.26 Å². The number of aliphatic imine (C=N–C) groups is 1. The highest BCUT2D eigenvalue weighted by Gasteiger charge is 2.44. The summed E-state index contributed by atoms with van der Waals surface area (Å²) in [6.45, 7) is 4.69. The fourth-order valence-electron chi connectivity index (χ4n) is 3.72. The number of benzene rings is 1. The molecule has 0 radical (unpaired) electrons. The first-order valence-corrected chi connectivity index (χ1v) is 9.53. The van der Waals surface area contributed by atoms with Crippen LogP contribution in [-0.4, -0.2) is 29.4 Å². The van der Waals surface area contributed by atoms with Crippen LogP contribution in [0.5, 0.6) is 0 Å². The number of aromatic nitrogens is 1. The summed E-state index contributed by atoms with van der Waals surface area (Å²) in [5.41, 5.74) is 1.06. The Kier molecular flexibility index (Phi) is 4.63. The van der Waals surface area contributed by atoms with Gasteiger partial charge in [0.2, 0.25) is 0 Å². The molecule has 1 aromatic heterocycles. The van der Waals surface area contributed by atoms with Crippen molar-refractivity contribution >= 4 is 33.2 Å². The summed E-state index contributed by atoms with van der Waals surface area (Å²) < 4.78 is 26.3. The summed E-state index contributed by atoms with van der Waals surface area (Å²) in [5.74, 6) is -1.08. The minimum atomic E-state index is -0.610. The predicted molar refractivity (Wildman–Crippen MR) is 100 cm³/mol. The van der Waals surface area contributed by atoms with Crippen molar-refractivity contribution in [3.63, 3.8) is 0 Å². The van der Waals surface area contributed by atoms with E-state index in [4.69, 9.17) is 9.26 Å². The zero-order valence-electron chi connectivity index (χ0n) is 14.9. The summed E-state index contributed by atoms with van der Waals surface area (Å²) in [4.78, 5) is 29.9. The Labute approximate surface area is 163 Å². The highest BCUT2D eigenvalue weighted by Crippen LogP contribution is 2.43. The number of hydrogen-bond donors (Lipinski definition) is 0. The van der Waals surface area contributed by atoms with Gasteiger partial charge in [0.05, 0.1) is 34.8 Å². The zero-order valence-corrected chi connectivity index (χ0v) is 16.5. The highest BCUT2D eigenvalue weighted by atomic mass is 79.9. The maximum absolute atomic E-state index is 13.8. The van der Waals surface area contributed by atoms with E-state index in [-0.39, 0.29) is 29.4 Å². The SMILES string of the molecule is CC(C)Cn1oc(=O)c2c1N=C1COCC(=O)C1C2c1ccc(F)c(Br)c1. The Balaban J connectivity index is 1.95. The molecule has 2 atom stereocenters. The molecule has 142 valence electrons. The van der Waals surface area contributed by atoms with E-state index in [0.717, 1.165) is 0 Å². The first-order chi connectivity index (χ1) is 12.9. The second-order valence-corrected chi connectivity index (χ2v) is 8.12. The van der Waals surface area contributed by atoms with Crippen LogP contribution in [0.2, 0.25) is 0 Å². The molecule has 1 saturated heterocycles. The molecule has 0 bridgehead atoms. The standard InChI is InChI=1S/C19H18BrFN2O4/c1-9(2)6-23-18-17(19(25)27-23)15(10-3-4-12(21)11(20)5-10)16-13(22-18)7-26-8-14(16)24/h3-5,9,15-16H,6-8H2,1-2H3. The van der Waals surface area contributed by atoms with Gasteiger partial charge in [0.1, 0.15) is 12.4 Å². The number of carbonyl (C=O) groups excluding carboxylic acids is 1. The lowest BCUT2D eigenvalue weighted by Gasteiger charge is -2.33. The fourth-order valence-corrected chi connectivity index (χ4v) is 4.12. The van der Waals surface area contributed by atoms with Gasteiger partial charge in [0.25, 0.3) is 0 Å². The average Bonchev–Trinajstić information content (AvgIpc) is 2.91. The lowest BCUT2D eigenvalue weighted by atomic mass is 9.74. The van der Waals surface area contributed by atoms with Gasteiger partial charge in [-0.25, -0.2) is 14.2 Å². The molecular formula is C19H18BrFN2O4. The van der Waals surface area contributed by atoms with Crippen LogP contribution in [0.4, 0.5) is 10.2 Å². The van der Waals surface area contributed by atoms with Crippen LogP contribution in [0.25, 0.3) is 0 Å². The number of halogens is 2. The van der Waals surface area contributed by atoms with Crippen LogP contribution in [0.3, 0.4) is 0 Å². The van der Waals surface area contributed by atoms with E-state index in [0.29, 0.717) is 29.2 Å². The molecule has 2 aliphatic rings. The summed E-state index contributed by atoms with van der Waals surface area (Å²) in [5, 5.41) is 0. The van der Waals surface area contributed by atoms with Crippen molar-refractivity contribution in [1.82, 2.24) is 4.74 Å². The van der Waals surface area contributed by atoms with Gasteiger partial charge in [-0.1, -0.05) is 19.9 Å². The molecule has 0 aliphatic carbocycles. The van der Waals surface area contributed by atoms with Gasteiger partial charge >= 0.3 is 5.63 Å². The van der Waals surface area contributed by atoms with Gasteiger partial charge in [0.15, 0.2) is 11.6 Å². The van der Waals surface area contributed by atoms with E-state index >= 15 is 0 Å². The van der Waals surface area contributed by atoms with Crippen LogP contribution in [0, 0.1) is 17.7 Å². The van der Waals surface area contributed by atoms with Crippen molar-refractivity contribution in [2.75, 3.05) is 13.2 Å². The zero-order chi connectivity index (χ0) is 19.3. The smallest absolute Gasteiger partial charge is 0.363 e. The van der Waals surface area contributed by atoms with Crippen molar-refractivity contribution < 1.29 is 18.4 Å². The summed E-state index contributed by atoms with van der Waals surface area (Å²) in [7, 11) is 0. The molecule has 1 aromatic carbocycles. The second kappa shape index (κ2) is 6.83. The first-order valence-electron chi connectivity index (χ1n) is 8.73. The normalized spacial score (nSPS) is 21.8. The summed E-state index contributed by atoms with van der Waals surface area (Å²) >= 11 is 3.19. The second-order valence-electron chi connectivity index (χ2n) is 7.26. The van der Waals surface area contributed by atoms with Gasteiger partial charge in [-0.2, -0.15) is 4.74 Å². The van der Waals surface area contributed by atoms with Crippen LogP contribution in [0.1, 0.15) is 30.9 Å². The Bertz CT molecular complexity index is 1010. The molecule has 27 heavy (non-hydrogen) atoms. The topological polar surface area (TPSA) is 73.8 Å².